The minimum Gasteiger partial charge on any atom is -0.467 e. The summed E-state index contributed by atoms with van der Waals surface area (Å²) >= 11 is 0. The molecule has 1 N–H and O–H groups in total. The highest BCUT2D eigenvalue weighted by molar-refractivity contribution is 5.96. The van der Waals surface area contributed by atoms with Crippen LogP contribution in [0.25, 0.3) is 6.08 Å². The van der Waals surface area contributed by atoms with Crippen molar-refractivity contribution in [3.8, 4) is 5.75 Å². The first kappa shape index (κ1) is 20.5. The predicted octanol–water partition coefficient (Wildman–Crippen LogP) is 3.45. The number of ether oxygens (including phenoxy) is 2. The van der Waals surface area contributed by atoms with Gasteiger partial charge in [-0.1, -0.05) is 31.5 Å². The van der Waals surface area contributed by atoms with E-state index in [-0.39, 0.29) is 5.56 Å². The molecule has 0 aromatic heterocycles. The fraction of sp³-hybridized carbons (Fsp3) is 0.412. The number of rotatable bonds is 7. The molecule has 8 heteroatoms. The molecule has 0 aliphatic rings. The van der Waals surface area contributed by atoms with Gasteiger partial charge >= 0.3 is 12.3 Å². The lowest BCUT2D eigenvalue weighted by Crippen LogP contribution is -2.52. The Balaban J connectivity index is 2.91. The molecule has 0 spiro atoms. The molecule has 1 atom stereocenters. The molecule has 25 heavy (non-hydrogen) atoms. The first-order valence-electron chi connectivity index (χ1n) is 7.54. The highest BCUT2D eigenvalue weighted by atomic mass is 19.4. The van der Waals surface area contributed by atoms with Gasteiger partial charge in [-0.25, -0.2) is 4.79 Å². The van der Waals surface area contributed by atoms with Crippen molar-refractivity contribution in [3.05, 3.63) is 35.9 Å². The van der Waals surface area contributed by atoms with Gasteiger partial charge in [-0.15, -0.1) is 13.2 Å². The number of nitrogens with one attached hydrogen (secondary N) is 1. The first-order valence-corrected chi connectivity index (χ1v) is 7.54. The summed E-state index contributed by atoms with van der Waals surface area (Å²) in [4.78, 5) is 23.9. The molecule has 1 amide bonds. The monoisotopic (exact) mass is 359 g/mol. The average molecular weight is 359 g/mol. The normalized spacial score (nSPS) is 14.0. The van der Waals surface area contributed by atoms with Gasteiger partial charge in [-0.05, 0) is 25.5 Å². The smallest absolute Gasteiger partial charge is 0.467 e. The molecule has 1 rings (SSSR count). The molecule has 5 nitrogen and oxygen atoms in total. The van der Waals surface area contributed by atoms with E-state index in [0.717, 1.165) is 12.1 Å². The Morgan fingerprint density at radius 2 is 1.88 bits per heavy atom. The van der Waals surface area contributed by atoms with Crippen LogP contribution < -0.4 is 10.1 Å². The lowest BCUT2D eigenvalue weighted by atomic mass is 9.96. The van der Waals surface area contributed by atoms with Crippen LogP contribution >= 0.6 is 0 Å². The maximum absolute atomic E-state index is 12.4. The van der Waals surface area contributed by atoms with Crippen LogP contribution in [0.5, 0.6) is 5.75 Å². The van der Waals surface area contributed by atoms with Crippen molar-refractivity contribution in [2.75, 3.05) is 7.11 Å². The Morgan fingerprint density at radius 1 is 1.24 bits per heavy atom. The number of benzene rings is 1. The molecule has 0 radical (unpaired) electrons. The largest absolute Gasteiger partial charge is 0.573 e. The quantitative estimate of drug-likeness (QED) is 0.598. The predicted molar refractivity (Wildman–Crippen MR) is 85.6 cm³/mol. The van der Waals surface area contributed by atoms with E-state index in [1.807, 2.05) is 6.92 Å². The Kier molecular flexibility index (Phi) is 7.02. The molecular weight excluding hydrogens is 339 g/mol. The van der Waals surface area contributed by atoms with Crippen LogP contribution in [-0.4, -0.2) is 30.9 Å². The van der Waals surface area contributed by atoms with Gasteiger partial charge in [-0.3, -0.25) is 4.79 Å². The lowest BCUT2D eigenvalue weighted by Gasteiger charge is -2.26. The van der Waals surface area contributed by atoms with E-state index in [1.54, 1.807) is 0 Å². The van der Waals surface area contributed by atoms with Crippen molar-refractivity contribution >= 4 is 18.0 Å². The topological polar surface area (TPSA) is 64.6 Å². The average Bonchev–Trinajstić information content (AvgIpc) is 2.52. The number of alkyl halides is 3. The summed E-state index contributed by atoms with van der Waals surface area (Å²) in [5.74, 6) is -1.66. The van der Waals surface area contributed by atoms with Crippen molar-refractivity contribution in [1.29, 1.82) is 0 Å². The van der Waals surface area contributed by atoms with Gasteiger partial charge in [0.15, 0.2) is 0 Å². The molecule has 138 valence electrons. The van der Waals surface area contributed by atoms with Crippen molar-refractivity contribution in [2.45, 2.75) is 38.6 Å². The number of halogens is 3. The number of hydrogen-bond donors (Lipinski definition) is 1. The number of esters is 1. The maximum atomic E-state index is 12.4. The van der Waals surface area contributed by atoms with Crippen LogP contribution in [0.3, 0.4) is 0 Å². The van der Waals surface area contributed by atoms with Crippen LogP contribution in [0.1, 0.15) is 32.3 Å². The molecule has 0 bridgehead atoms. The summed E-state index contributed by atoms with van der Waals surface area (Å²) < 4.78 is 45.7. The van der Waals surface area contributed by atoms with E-state index in [9.17, 15) is 22.8 Å². The minimum absolute atomic E-state index is 0.0743. The van der Waals surface area contributed by atoms with Gasteiger partial charge in [0.25, 0.3) is 0 Å². The second kappa shape index (κ2) is 8.55. The Labute approximate surface area is 143 Å². The van der Waals surface area contributed by atoms with E-state index in [1.165, 1.54) is 38.3 Å². The van der Waals surface area contributed by atoms with Crippen molar-refractivity contribution in [2.24, 2.45) is 0 Å². The molecular formula is C17H20F3NO4. The number of amides is 1. The summed E-state index contributed by atoms with van der Waals surface area (Å²) in [6.45, 7) is 3.36. The van der Waals surface area contributed by atoms with Crippen LogP contribution in [0.2, 0.25) is 0 Å². The van der Waals surface area contributed by atoms with Gasteiger partial charge < -0.3 is 14.8 Å². The minimum atomic E-state index is -4.84. The Morgan fingerprint density at radius 3 is 2.44 bits per heavy atom. The van der Waals surface area contributed by atoms with Crippen molar-refractivity contribution in [3.63, 3.8) is 0 Å². The van der Waals surface area contributed by atoms with Crippen LogP contribution in [0, 0.1) is 0 Å². The van der Waals surface area contributed by atoms with E-state index in [2.05, 4.69) is 14.8 Å². The zero-order valence-corrected chi connectivity index (χ0v) is 14.1. The fourth-order valence-corrected chi connectivity index (χ4v) is 2.26. The Hall–Kier alpha value is -2.51. The summed E-state index contributed by atoms with van der Waals surface area (Å²) in [6, 6.07) is 5.40. The molecule has 0 fully saturated rings. The summed E-state index contributed by atoms with van der Waals surface area (Å²) in [5.41, 5.74) is -1.14. The van der Waals surface area contributed by atoms with Gasteiger partial charge in [0, 0.05) is 11.6 Å². The van der Waals surface area contributed by atoms with Crippen molar-refractivity contribution < 1.29 is 32.2 Å². The molecule has 1 aromatic rings. The number of methoxy groups -OCH3 is 1. The van der Waals surface area contributed by atoms with Gasteiger partial charge in [0.2, 0.25) is 5.91 Å². The molecule has 0 saturated carbocycles. The zero-order chi connectivity index (χ0) is 19.1. The van der Waals surface area contributed by atoms with Crippen LogP contribution in [-0.2, 0) is 14.3 Å². The number of carbonyl (C=O) groups excluding carboxylic acids is 2. The first-order chi connectivity index (χ1) is 11.6. The van der Waals surface area contributed by atoms with E-state index >= 15 is 0 Å². The number of para-hydroxylation sites is 1. The van der Waals surface area contributed by atoms with Gasteiger partial charge in [-0.2, -0.15) is 0 Å². The fourth-order valence-electron chi connectivity index (χ4n) is 2.26. The second-order valence-electron chi connectivity index (χ2n) is 5.48. The highest BCUT2D eigenvalue weighted by Gasteiger charge is 2.34. The third kappa shape index (κ3) is 6.48. The van der Waals surface area contributed by atoms with Crippen LogP contribution in [0.4, 0.5) is 13.2 Å². The van der Waals surface area contributed by atoms with Gasteiger partial charge in [0.1, 0.15) is 11.3 Å². The SMILES string of the molecule is CCCC(C)(NC(=O)/C=C/c1ccccc1OC(F)(F)F)C(=O)OC. The molecule has 0 aliphatic heterocycles. The Bertz CT molecular complexity index is 643. The number of hydrogen-bond acceptors (Lipinski definition) is 4. The van der Waals surface area contributed by atoms with E-state index in [4.69, 9.17) is 0 Å². The maximum Gasteiger partial charge on any atom is 0.573 e. The second-order valence-corrected chi connectivity index (χ2v) is 5.48. The third-order valence-electron chi connectivity index (χ3n) is 3.34. The summed E-state index contributed by atoms with van der Waals surface area (Å²) in [5, 5.41) is 2.52. The zero-order valence-electron chi connectivity index (χ0n) is 14.1. The highest BCUT2D eigenvalue weighted by Crippen LogP contribution is 2.27. The van der Waals surface area contributed by atoms with Crippen molar-refractivity contribution in [1.82, 2.24) is 5.32 Å². The number of carbonyl (C=O) groups is 2. The lowest BCUT2D eigenvalue weighted by molar-refractivity contribution is -0.274. The standard InChI is InChI=1S/C17H20F3NO4/c1-4-11-16(2,15(23)24-3)21-14(22)10-9-12-7-5-6-8-13(12)25-17(18,19)20/h5-10H,4,11H2,1-3H3,(H,21,22)/b10-9+. The molecule has 1 aromatic carbocycles. The third-order valence-corrected chi connectivity index (χ3v) is 3.34. The van der Waals surface area contributed by atoms with Gasteiger partial charge in [0.05, 0.1) is 7.11 Å². The summed E-state index contributed by atoms with van der Waals surface area (Å²) in [6.07, 6.45) is -1.64. The summed E-state index contributed by atoms with van der Waals surface area (Å²) in [7, 11) is 1.21. The van der Waals surface area contributed by atoms with E-state index < -0.39 is 29.5 Å². The molecule has 0 aliphatic carbocycles. The van der Waals surface area contributed by atoms with E-state index in [0.29, 0.717) is 12.8 Å². The molecule has 0 saturated heterocycles. The molecule has 0 heterocycles. The molecule has 1 unspecified atom stereocenters. The van der Waals surface area contributed by atoms with Crippen LogP contribution in [0.15, 0.2) is 30.3 Å².